The highest BCUT2D eigenvalue weighted by atomic mass is 32.2. The molecule has 0 spiro atoms. The van der Waals surface area contributed by atoms with Crippen molar-refractivity contribution in [2.75, 3.05) is 19.4 Å². The molecule has 134 valence electrons. The molecule has 0 aliphatic carbocycles. The van der Waals surface area contributed by atoms with Crippen LogP contribution in [-0.4, -0.2) is 37.7 Å². The lowest BCUT2D eigenvalue weighted by atomic mass is 10.1. The lowest BCUT2D eigenvalue weighted by Gasteiger charge is -2.15. The minimum Gasteiger partial charge on any atom is -0.320 e. The molecule has 0 atom stereocenters. The maximum atomic E-state index is 12.7. The Labute approximate surface area is 152 Å². The van der Waals surface area contributed by atoms with Crippen LogP contribution < -0.4 is 5.32 Å². The number of fused-ring (bicyclic) bond motifs is 1. The lowest BCUT2D eigenvalue weighted by molar-refractivity contribution is 0.102. The quantitative estimate of drug-likeness (QED) is 0.767. The van der Waals surface area contributed by atoms with Gasteiger partial charge in [0.15, 0.2) is 0 Å². The zero-order valence-electron chi connectivity index (χ0n) is 14.7. The van der Waals surface area contributed by atoms with E-state index in [4.69, 9.17) is 0 Å². The van der Waals surface area contributed by atoms with E-state index in [0.717, 1.165) is 9.69 Å². The van der Waals surface area contributed by atoms with Gasteiger partial charge >= 0.3 is 0 Å². The molecule has 0 fully saturated rings. The topological polar surface area (TPSA) is 79.4 Å². The van der Waals surface area contributed by atoms with Gasteiger partial charge in [-0.05, 0) is 36.8 Å². The molecule has 3 aromatic rings. The van der Waals surface area contributed by atoms with Crippen LogP contribution in [0.1, 0.15) is 15.9 Å². The Kier molecular flexibility index (Phi) is 4.76. The summed E-state index contributed by atoms with van der Waals surface area (Å²) in [6, 6.07) is 13.9. The highest BCUT2D eigenvalue weighted by molar-refractivity contribution is 7.89. The van der Waals surface area contributed by atoms with Crippen molar-refractivity contribution in [2.45, 2.75) is 11.8 Å². The molecule has 3 rings (SSSR count). The van der Waals surface area contributed by atoms with E-state index in [-0.39, 0.29) is 10.5 Å². The van der Waals surface area contributed by atoms with Gasteiger partial charge in [-0.15, -0.1) is 0 Å². The van der Waals surface area contributed by atoms with E-state index in [1.807, 2.05) is 24.3 Å². The molecule has 1 N–H and O–H groups in total. The predicted octanol–water partition coefficient (Wildman–Crippen LogP) is 3.05. The van der Waals surface area contributed by atoms with Crippen molar-refractivity contribution in [3.05, 3.63) is 65.9 Å². The summed E-state index contributed by atoms with van der Waals surface area (Å²) < 4.78 is 26.0. The second-order valence-corrected chi connectivity index (χ2v) is 8.22. The van der Waals surface area contributed by atoms with E-state index in [9.17, 15) is 13.2 Å². The third-order valence-corrected chi connectivity index (χ3v) is 6.05. The molecule has 2 aromatic carbocycles. The van der Waals surface area contributed by atoms with Crippen LogP contribution in [-0.2, 0) is 10.0 Å². The fourth-order valence-corrected chi connectivity index (χ4v) is 3.76. The maximum absolute atomic E-state index is 12.7. The number of benzene rings is 2. The number of hydrogen-bond donors (Lipinski definition) is 1. The molecule has 0 saturated heterocycles. The molecular formula is C19H19N3O3S. The van der Waals surface area contributed by atoms with E-state index < -0.39 is 15.9 Å². The second-order valence-electron chi connectivity index (χ2n) is 6.10. The van der Waals surface area contributed by atoms with Crippen molar-refractivity contribution in [3.63, 3.8) is 0 Å². The van der Waals surface area contributed by atoms with Crippen LogP contribution in [0, 0.1) is 6.92 Å². The predicted molar refractivity (Wildman–Crippen MR) is 102 cm³/mol. The van der Waals surface area contributed by atoms with Gasteiger partial charge in [0.2, 0.25) is 10.0 Å². The molecule has 1 heterocycles. The summed E-state index contributed by atoms with van der Waals surface area (Å²) in [4.78, 5) is 17.1. The molecule has 6 nitrogen and oxygen atoms in total. The van der Waals surface area contributed by atoms with Gasteiger partial charge in [-0.2, -0.15) is 0 Å². The number of anilines is 1. The average Bonchev–Trinajstić information content (AvgIpc) is 2.62. The van der Waals surface area contributed by atoms with Crippen LogP contribution >= 0.6 is 0 Å². The van der Waals surface area contributed by atoms with E-state index in [0.29, 0.717) is 16.8 Å². The lowest BCUT2D eigenvalue weighted by Crippen LogP contribution is -2.23. The van der Waals surface area contributed by atoms with Crippen LogP contribution in [0.2, 0.25) is 0 Å². The Morgan fingerprint density at radius 1 is 1.08 bits per heavy atom. The van der Waals surface area contributed by atoms with Crippen molar-refractivity contribution in [1.29, 1.82) is 0 Å². The number of amides is 1. The molecule has 0 unspecified atom stereocenters. The number of carbonyl (C=O) groups excluding carboxylic acids is 1. The monoisotopic (exact) mass is 369 g/mol. The van der Waals surface area contributed by atoms with E-state index in [2.05, 4.69) is 10.3 Å². The Hall–Kier alpha value is -2.77. The van der Waals surface area contributed by atoms with Crippen molar-refractivity contribution in [1.82, 2.24) is 9.29 Å². The minimum atomic E-state index is -3.63. The summed E-state index contributed by atoms with van der Waals surface area (Å²) in [7, 11) is -0.707. The molecule has 0 radical (unpaired) electrons. The number of aryl methyl sites for hydroxylation is 1. The number of pyridine rings is 1. The van der Waals surface area contributed by atoms with Gasteiger partial charge in [0.1, 0.15) is 0 Å². The molecule has 7 heteroatoms. The second kappa shape index (κ2) is 6.86. The van der Waals surface area contributed by atoms with Gasteiger partial charge in [-0.1, -0.05) is 24.3 Å². The van der Waals surface area contributed by atoms with E-state index in [1.165, 1.54) is 20.2 Å². The van der Waals surface area contributed by atoms with Gasteiger partial charge in [0.05, 0.1) is 16.1 Å². The first-order valence-corrected chi connectivity index (χ1v) is 9.43. The summed E-state index contributed by atoms with van der Waals surface area (Å²) in [5.41, 5.74) is 2.10. The zero-order chi connectivity index (χ0) is 18.9. The Morgan fingerprint density at radius 2 is 1.81 bits per heavy atom. The Bertz CT molecular complexity index is 1090. The van der Waals surface area contributed by atoms with E-state index >= 15 is 0 Å². The maximum Gasteiger partial charge on any atom is 0.255 e. The third kappa shape index (κ3) is 3.31. The number of hydrogen-bond acceptors (Lipinski definition) is 4. The highest BCUT2D eigenvalue weighted by Gasteiger charge is 2.21. The number of sulfonamides is 1. The van der Waals surface area contributed by atoms with Crippen LogP contribution in [0.3, 0.4) is 0 Å². The summed E-state index contributed by atoms with van der Waals surface area (Å²) in [5, 5.41) is 3.73. The fourth-order valence-electron chi connectivity index (χ4n) is 2.62. The number of rotatable bonds is 4. The third-order valence-electron chi connectivity index (χ3n) is 4.09. The molecular weight excluding hydrogens is 350 g/mol. The first-order chi connectivity index (χ1) is 12.3. The molecule has 1 aromatic heterocycles. The standard InChI is InChI=1S/C19H19N3O3S/c1-13-9-10-15(12-17(13)26(24,25)22(2)3)19(23)21-16-8-4-6-14-7-5-11-20-18(14)16/h4-12H,1-3H3,(H,21,23). The van der Waals surface area contributed by atoms with E-state index in [1.54, 1.807) is 31.3 Å². The Morgan fingerprint density at radius 3 is 2.54 bits per heavy atom. The molecule has 1 amide bonds. The zero-order valence-corrected chi connectivity index (χ0v) is 15.5. The number of carbonyl (C=O) groups is 1. The van der Waals surface area contributed by atoms with Crippen LogP contribution in [0.5, 0.6) is 0 Å². The minimum absolute atomic E-state index is 0.117. The van der Waals surface area contributed by atoms with Crippen molar-refractivity contribution in [3.8, 4) is 0 Å². The van der Waals surface area contributed by atoms with Gasteiger partial charge < -0.3 is 5.32 Å². The summed E-state index contributed by atoms with van der Waals surface area (Å²) in [5.74, 6) is -0.390. The van der Waals surface area contributed by atoms with Crippen molar-refractivity contribution in [2.24, 2.45) is 0 Å². The molecule has 0 saturated carbocycles. The molecule has 26 heavy (non-hydrogen) atoms. The number of para-hydroxylation sites is 1. The largest absolute Gasteiger partial charge is 0.320 e. The first-order valence-electron chi connectivity index (χ1n) is 7.99. The average molecular weight is 369 g/mol. The summed E-state index contributed by atoms with van der Waals surface area (Å²) in [6.45, 7) is 1.70. The normalized spacial score (nSPS) is 11.7. The molecule has 0 aliphatic rings. The van der Waals surface area contributed by atoms with Gasteiger partial charge in [0, 0.05) is 31.2 Å². The highest BCUT2D eigenvalue weighted by Crippen LogP contribution is 2.23. The van der Waals surface area contributed by atoms with Gasteiger partial charge in [-0.3, -0.25) is 9.78 Å². The first kappa shape index (κ1) is 18.0. The smallest absolute Gasteiger partial charge is 0.255 e. The SMILES string of the molecule is Cc1ccc(C(=O)Nc2cccc3cccnc23)cc1S(=O)(=O)N(C)C. The number of nitrogens with zero attached hydrogens (tertiary/aromatic N) is 2. The fraction of sp³-hybridized carbons (Fsp3) is 0.158. The van der Waals surface area contributed by atoms with Crippen molar-refractivity contribution >= 4 is 32.5 Å². The van der Waals surface area contributed by atoms with Crippen molar-refractivity contribution < 1.29 is 13.2 Å². The summed E-state index contributed by atoms with van der Waals surface area (Å²) in [6.07, 6.45) is 1.66. The molecule has 0 aliphatic heterocycles. The van der Waals surface area contributed by atoms with Crippen LogP contribution in [0.15, 0.2) is 59.6 Å². The van der Waals surface area contributed by atoms with Gasteiger partial charge in [0.25, 0.3) is 5.91 Å². The Balaban J connectivity index is 1.98. The molecule has 0 bridgehead atoms. The number of nitrogens with one attached hydrogen (secondary N) is 1. The van der Waals surface area contributed by atoms with Crippen LogP contribution in [0.25, 0.3) is 10.9 Å². The summed E-state index contributed by atoms with van der Waals surface area (Å²) >= 11 is 0. The van der Waals surface area contributed by atoms with Crippen LogP contribution in [0.4, 0.5) is 5.69 Å². The number of aromatic nitrogens is 1. The van der Waals surface area contributed by atoms with Gasteiger partial charge in [-0.25, -0.2) is 12.7 Å².